The zero-order chi connectivity index (χ0) is 17.2. The Hall–Kier alpha value is -1.96. The summed E-state index contributed by atoms with van der Waals surface area (Å²) in [4.78, 5) is 16.0. The molecule has 1 aliphatic heterocycles. The highest BCUT2D eigenvalue weighted by Gasteiger charge is 2.42. The van der Waals surface area contributed by atoms with E-state index in [2.05, 4.69) is 15.6 Å². The number of pyridine rings is 1. The molecule has 0 bridgehead atoms. The monoisotopic (exact) mass is 405 g/mol. The zero-order valence-electron chi connectivity index (χ0n) is 13.9. The molecule has 2 heterocycles. The smallest absolute Gasteiger partial charge is 0.262 e. The lowest BCUT2D eigenvalue weighted by molar-refractivity contribution is -0.118. The molecule has 0 spiro atoms. The number of ether oxygens (including phenoxy) is 1. The Kier molecular flexibility index (Phi) is 7.74. The van der Waals surface area contributed by atoms with Crippen molar-refractivity contribution in [3.63, 3.8) is 0 Å². The Morgan fingerprint density at radius 1 is 1.35 bits per heavy atom. The quantitative estimate of drug-likeness (QED) is 0.807. The molecule has 0 aliphatic carbocycles. The maximum absolute atomic E-state index is 13.2. The van der Waals surface area contributed by atoms with E-state index < -0.39 is 30.8 Å². The van der Waals surface area contributed by atoms with Crippen molar-refractivity contribution in [3.05, 3.63) is 48.3 Å². The molecular formula is C17H19Cl2F2N3O2. The summed E-state index contributed by atoms with van der Waals surface area (Å²) in [5, 5.41) is 5.18. The van der Waals surface area contributed by atoms with Crippen molar-refractivity contribution < 1.29 is 18.3 Å². The van der Waals surface area contributed by atoms with Gasteiger partial charge < -0.3 is 10.1 Å². The summed E-state index contributed by atoms with van der Waals surface area (Å²) < 4.78 is 32.0. The van der Waals surface area contributed by atoms with Gasteiger partial charge in [0, 0.05) is 18.3 Å². The second kappa shape index (κ2) is 9.12. The first kappa shape index (κ1) is 22.1. The fourth-order valence-electron chi connectivity index (χ4n) is 2.51. The van der Waals surface area contributed by atoms with Crippen LogP contribution in [0.4, 0.5) is 14.5 Å². The SMILES string of the molecule is Cc1cc(NC(=O)C2CC(F)(F)CN2)ccc1Oc1cccnc1.Cl.Cl. The number of nitrogens with zero attached hydrogens (tertiary/aromatic N) is 1. The largest absolute Gasteiger partial charge is 0.455 e. The summed E-state index contributed by atoms with van der Waals surface area (Å²) in [6.07, 6.45) is 2.76. The highest BCUT2D eigenvalue weighted by atomic mass is 35.5. The molecule has 1 saturated heterocycles. The number of rotatable bonds is 4. The first-order chi connectivity index (χ1) is 11.4. The molecule has 1 aliphatic rings. The van der Waals surface area contributed by atoms with E-state index in [1.807, 2.05) is 6.92 Å². The summed E-state index contributed by atoms with van der Waals surface area (Å²) in [6.45, 7) is 1.37. The highest BCUT2D eigenvalue weighted by molar-refractivity contribution is 5.95. The van der Waals surface area contributed by atoms with Gasteiger partial charge in [-0.2, -0.15) is 0 Å². The van der Waals surface area contributed by atoms with Crippen LogP contribution in [-0.2, 0) is 4.79 Å². The molecule has 5 nitrogen and oxygen atoms in total. The van der Waals surface area contributed by atoms with Gasteiger partial charge in [-0.25, -0.2) is 8.78 Å². The molecule has 0 radical (unpaired) electrons. The third-order valence-electron chi connectivity index (χ3n) is 3.73. The van der Waals surface area contributed by atoms with E-state index in [1.165, 1.54) is 0 Å². The summed E-state index contributed by atoms with van der Waals surface area (Å²) in [6, 6.07) is 7.79. The molecule has 1 aromatic carbocycles. The fraction of sp³-hybridized carbons (Fsp3) is 0.294. The Bertz CT molecular complexity index is 748. The van der Waals surface area contributed by atoms with Gasteiger partial charge in [-0.15, -0.1) is 24.8 Å². The minimum atomic E-state index is -2.83. The number of aromatic nitrogens is 1. The van der Waals surface area contributed by atoms with Crippen LogP contribution in [0.1, 0.15) is 12.0 Å². The fourth-order valence-corrected chi connectivity index (χ4v) is 2.51. The molecule has 1 unspecified atom stereocenters. The molecule has 142 valence electrons. The van der Waals surface area contributed by atoms with E-state index in [0.29, 0.717) is 17.2 Å². The number of carbonyl (C=O) groups excluding carboxylic acids is 1. The van der Waals surface area contributed by atoms with Crippen LogP contribution in [0.5, 0.6) is 11.5 Å². The minimum absolute atomic E-state index is 0. The lowest BCUT2D eigenvalue weighted by atomic mass is 10.1. The molecule has 3 rings (SSSR count). The van der Waals surface area contributed by atoms with Crippen molar-refractivity contribution in [1.82, 2.24) is 10.3 Å². The average Bonchev–Trinajstić information content (AvgIpc) is 2.91. The van der Waals surface area contributed by atoms with Gasteiger partial charge >= 0.3 is 0 Å². The van der Waals surface area contributed by atoms with Gasteiger partial charge in [0.25, 0.3) is 5.92 Å². The Morgan fingerprint density at radius 2 is 2.12 bits per heavy atom. The van der Waals surface area contributed by atoms with E-state index in [-0.39, 0.29) is 24.8 Å². The van der Waals surface area contributed by atoms with Gasteiger partial charge in [0.1, 0.15) is 11.5 Å². The Morgan fingerprint density at radius 3 is 2.69 bits per heavy atom. The standard InChI is InChI=1S/C17H17F2N3O2.2ClH/c1-11-7-12(22-16(23)14-8-17(18,19)10-21-14)4-5-15(11)24-13-3-2-6-20-9-13;;/h2-7,9,14,21H,8,10H2,1H3,(H,22,23);2*1H. The van der Waals surface area contributed by atoms with Crippen molar-refractivity contribution in [3.8, 4) is 11.5 Å². The van der Waals surface area contributed by atoms with Crippen LogP contribution in [0.2, 0.25) is 0 Å². The summed E-state index contributed by atoms with van der Waals surface area (Å²) in [5.74, 6) is -2.06. The van der Waals surface area contributed by atoms with Crippen LogP contribution >= 0.6 is 24.8 Å². The lowest BCUT2D eigenvalue weighted by Crippen LogP contribution is -2.35. The second-order valence-corrected chi connectivity index (χ2v) is 5.75. The van der Waals surface area contributed by atoms with Gasteiger partial charge in [0.2, 0.25) is 5.91 Å². The summed E-state index contributed by atoms with van der Waals surface area (Å²) in [7, 11) is 0. The van der Waals surface area contributed by atoms with Crippen LogP contribution in [0.15, 0.2) is 42.7 Å². The number of hydrogen-bond acceptors (Lipinski definition) is 4. The van der Waals surface area contributed by atoms with Gasteiger partial charge in [-0.3, -0.25) is 15.1 Å². The van der Waals surface area contributed by atoms with Crippen LogP contribution in [0, 0.1) is 6.92 Å². The Labute approximate surface area is 162 Å². The third kappa shape index (κ3) is 5.52. The molecule has 26 heavy (non-hydrogen) atoms. The first-order valence-corrected chi connectivity index (χ1v) is 7.54. The highest BCUT2D eigenvalue weighted by Crippen LogP contribution is 2.28. The van der Waals surface area contributed by atoms with E-state index in [0.717, 1.165) is 5.56 Å². The molecule has 0 saturated carbocycles. The van der Waals surface area contributed by atoms with Crippen LogP contribution < -0.4 is 15.4 Å². The van der Waals surface area contributed by atoms with Crippen LogP contribution in [0.25, 0.3) is 0 Å². The zero-order valence-corrected chi connectivity index (χ0v) is 15.5. The van der Waals surface area contributed by atoms with Gasteiger partial charge in [0.15, 0.2) is 0 Å². The van der Waals surface area contributed by atoms with E-state index in [4.69, 9.17) is 4.74 Å². The van der Waals surface area contributed by atoms with Crippen LogP contribution in [0.3, 0.4) is 0 Å². The molecule has 2 N–H and O–H groups in total. The third-order valence-corrected chi connectivity index (χ3v) is 3.73. The van der Waals surface area contributed by atoms with Gasteiger partial charge in [0.05, 0.1) is 18.8 Å². The first-order valence-electron chi connectivity index (χ1n) is 7.54. The maximum Gasteiger partial charge on any atom is 0.262 e. The molecule has 1 atom stereocenters. The van der Waals surface area contributed by atoms with Crippen molar-refractivity contribution in [1.29, 1.82) is 0 Å². The van der Waals surface area contributed by atoms with E-state index in [1.54, 1.807) is 42.7 Å². The maximum atomic E-state index is 13.2. The number of halogens is 4. The molecule has 1 aromatic heterocycles. The van der Waals surface area contributed by atoms with Crippen molar-refractivity contribution >= 4 is 36.4 Å². The second-order valence-electron chi connectivity index (χ2n) is 5.75. The molecular weight excluding hydrogens is 387 g/mol. The number of hydrogen-bond donors (Lipinski definition) is 2. The van der Waals surface area contributed by atoms with E-state index in [9.17, 15) is 13.6 Å². The lowest BCUT2D eigenvalue weighted by Gasteiger charge is -2.13. The van der Waals surface area contributed by atoms with Crippen molar-refractivity contribution in [2.45, 2.75) is 25.3 Å². The summed E-state index contributed by atoms with van der Waals surface area (Å²) >= 11 is 0. The van der Waals surface area contributed by atoms with Gasteiger partial charge in [-0.1, -0.05) is 0 Å². The predicted octanol–water partition coefficient (Wildman–Crippen LogP) is 3.96. The topological polar surface area (TPSA) is 63.2 Å². The van der Waals surface area contributed by atoms with Crippen molar-refractivity contribution in [2.24, 2.45) is 0 Å². The normalized spacial score (nSPS) is 17.6. The minimum Gasteiger partial charge on any atom is -0.455 e. The number of nitrogens with one attached hydrogen (secondary N) is 2. The predicted molar refractivity (Wildman–Crippen MR) is 100.0 cm³/mol. The number of anilines is 1. The number of aryl methyl sites for hydroxylation is 1. The molecule has 9 heteroatoms. The van der Waals surface area contributed by atoms with Crippen LogP contribution in [-0.4, -0.2) is 29.4 Å². The number of alkyl halides is 2. The van der Waals surface area contributed by atoms with Gasteiger partial charge in [-0.05, 0) is 42.8 Å². The number of carbonyl (C=O) groups is 1. The van der Waals surface area contributed by atoms with E-state index >= 15 is 0 Å². The number of amides is 1. The Balaban J connectivity index is 0.00000169. The molecule has 1 amide bonds. The van der Waals surface area contributed by atoms with Crippen molar-refractivity contribution in [2.75, 3.05) is 11.9 Å². The number of benzene rings is 1. The summed E-state index contributed by atoms with van der Waals surface area (Å²) in [5.41, 5.74) is 1.34. The molecule has 2 aromatic rings. The molecule has 1 fully saturated rings. The average molecular weight is 406 g/mol.